The lowest BCUT2D eigenvalue weighted by Gasteiger charge is -2.11. The Labute approximate surface area is 159 Å². The van der Waals surface area contributed by atoms with Crippen molar-refractivity contribution in [3.8, 4) is 11.5 Å². The summed E-state index contributed by atoms with van der Waals surface area (Å²) in [6.07, 6.45) is 1.41. The number of benzene rings is 2. The lowest BCUT2D eigenvalue weighted by atomic mass is 10.2. The van der Waals surface area contributed by atoms with Gasteiger partial charge in [0, 0.05) is 11.5 Å². The summed E-state index contributed by atoms with van der Waals surface area (Å²) < 4.78 is 12.8. The first-order valence-corrected chi connectivity index (χ1v) is 8.45. The molecule has 0 unspecified atom stereocenters. The maximum absolute atomic E-state index is 12.6. The molecule has 1 amide bonds. The monoisotopic (exact) mass is 379 g/mol. The average molecular weight is 379 g/mol. The van der Waals surface area contributed by atoms with Crippen molar-refractivity contribution in [1.82, 2.24) is 19.2 Å². The van der Waals surface area contributed by atoms with Crippen molar-refractivity contribution >= 4 is 28.1 Å². The predicted molar refractivity (Wildman–Crippen MR) is 103 cm³/mol. The number of carbonyl (C=O) groups is 1. The van der Waals surface area contributed by atoms with Crippen LogP contribution in [0.15, 0.2) is 53.6 Å². The largest absolute Gasteiger partial charge is 0.497 e. The minimum Gasteiger partial charge on any atom is -0.497 e. The van der Waals surface area contributed by atoms with E-state index in [2.05, 4.69) is 15.4 Å². The Hall–Kier alpha value is -3.88. The number of ether oxygens (including phenoxy) is 2. The van der Waals surface area contributed by atoms with Gasteiger partial charge >= 0.3 is 5.69 Å². The Morgan fingerprint density at radius 1 is 1.14 bits per heavy atom. The number of hydrogen-bond donors (Lipinski definition) is 1. The molecule has 9 heteroatoms. The Balaban J connectivity index is 1.65. The number of hydrogen-bond acceptors (Lipinski definition) is 6. The highest BCUT2D eigenvalue weighted by atomic mass is 16.5. The minimum absolute atomic E-state index is 0.255. The quantitative estimate of drug-likeness (QED) is 0.567. The number of aromatic nitrogens is 4. The van der Waals surface area contributed by atoms with E-state index in [1.54, 1.807) is 18.2 Å². The van der Waals surface area contributed by atoms with Crippen molar-refractivity contribution in [2.24, 2.45) is 0 Å². The fourth-order valence-corrected chi connectivity index (χ4v) is 2.94. The standard InChI is InChI=1S/C19H17N5O4/c1-27-12-7-8-16(28-2)15(9-12)21-17(25)10-24-19(26)23-11-20-14-6-4-3-5-13(14)18(23)22-24/h3-9,11H,10H2,1-2H3,(H,21,25). The maximum atomic E-state index is 12.6. The molecule has 4 aromatic rings. The summed E-state index contributed by atoms with van der Waals surface area (Å²) >= 11 is 0. The summed E-state index contributed by atoms with van der Waals surface area (Å²) in [4.78, 5) is 29.3. The number of nitrogens with zero attached hydrogens (tertiary/aromatic N) is 4. The average Bonchev–Trinajstić information content (AvgIpc) is 3.03. The molecule has 0 radical (unpaired) electrons. The number of nitrogens with one attached hydrogen (secondary N) is 1. The molecule has 2 aromatic carbocycles. The number of anilines is 1. The van der Waals surface area contributed by atoms with E-state index in [0.717, 1.165) is 15.6 Å². The first-order valence-electron chi connectivity index (χ1n) is 8.45. The lowest BCUT2D eigenvalue weighted by molar-refractivity contribution is -0.117. The van der Waals surface area contributed by atoms with Crippen molar-refractivity contribution in [3.05, 3.63) is 59.3 Å². The molecule has 142 valence electrons. The normalized spacial score (nSPS) is 10.9. The van der Waals surface area contributed by atoms with Crippen molar-refractivity contribution in [3.63, 3.8) is 0 Å². The van der Waals surface area contributed by atoms with Gasteiger partial charge in [0.2, 0.25) is 5.91 Å². The summed E-state index contributed by atoms with van der Waals surface area (Å²) in [7, 11) is 3.03. The van der Waals surface area contributed by atoms with Crippen LogP contribution in [0.2, 0.25) is 0 Å². The second kappa shape index (κ2) is 7.03. The third-order valence-electron chi connectivity index (χ3n) is 4.30. The molecular formula is C19H17N5O4. The molecule has 0 saturated carbocycles. The van der Waals surface area contributed by atoms with Crippen LogP contribution in [0.25, 0.3) is 16.6 Å². The van der Waals surface area contributed by atoms with E-state index in [-0.39, 0.29) is 6.54 Å². The second-order valence-corrected chi connectivity index (χ2v) is 6.01. The van der Waals surface area contributed by atoms with Crippen molar-refractivity contribution in [2.45, 2.75) is 6.54 Å². The molecular weight excluding hydrogens is 362 g/mol. The van der Waals surface area contributed by atoms with Crippen molar-refractivity contribution < 1.29 is 14.3 Å². The second-order valence-electron chi connectivity index (χ2n) is 6.01. The molecule has 0 saturated heterocycles. The highest BCUT2D eigenvalue weighted by molar-refractivity contribution is 5.93. The summed E-state index contributed by atoms with van der Waals surface area (Å²) in [5.74, 6) is 0.625. The third kappa shape index (κ3) is 3.02. The van der Waals surface area contributed by atoms with Crippen LogP contribution in [0, 0.1) is 0 Å². The van der Waals surface area contributed by atoms with Gasteiger partial charge in [0.1, 0.15) is 24.4 Å². The zero-order chi connectivity index (χ0) is 19.7. The first-order chi connectivity index (χ1) is 13.6. The van der Waals surface area contributed by atoms with Gasteiger partial charge in [-0.25, -0.2) is 18.9 Å². The highest BCUT2D eigenvalue weighted by Crippen LogP contribution is 2.28. The van der Waals surface area contributed by atoms with Gasteiger partial charge in [-0.2, -0.15) is 0 Å². The number of methoxy groups -OCH3 is 2. The van der Waals surface area contributed by atoms with E-state index < -0.39 is 11.6 Å². The zero-order valence-electron chi connectivity index (χ0n) is 15.2. The van der Waals surface area contributed by atoms with Gasteiger partial charge in [-0.1, -0.05) is 12.1 Å². The molecule has 4 rings (SSSR count). The molecule has 0 aliphatic rings. The van der Waals surface area contributed by atoms with Crippen LogP contribution in [0.1, 0.15) is 0 Å². The highest BCUT2D eigenvalue weighted by Gasteiger charge is 2.15. The van der Waals surface area contributed by atoms with Crippen LogP contribution < -0.4 is 20.5 Å². The predicted octanol–water partition coefficient (Wildman–Crippen LogP) is 1.70. The molecule has 0 spiro atoms. The van der Waals surface area contributed by atoms with E-state index in [1.165, 1.54) is 24.9 Å². The molecule has 28 heavy (non-hydrogen) atoms. The minimum atomic E-state index is -0.444. The molecule has 2 heterocycles. The molecule has 0 fully saturated rings. The van der Waals surface area contributed by atoms with Crippen molar-refractivity contribution in [2.75, 3.05) is 19.5 Å². The van der Waals surface area contributed by atoms with E-state index in [1.807, 2.05) is 24.3 Å². The third-order valence-corrected chi connectivity index (χ3v) is 4.30. The SMILES string of the molecule is COc1ccc(OC)c(NC(=O)Cn2nc3c4ccccc4ncn3c2=O)c1. The lowest BCUT2D eigenvalue weighted by Crippen LogP contribution is -2.28. The Bertz CT molecular complexity index is 1240. The Morgan fingerprint density at radius 3 is 2.75 bits per heavy atom. The molecule has 0 bridgehead atoms. The fourth-order valence-electron chi connectivity index (χ4n) is 2.94. The van der Waals surface area contributed by atoms with Crippen molar-refractivity contribution in [1.29, 1.82) is 0 Å². The summed E-state index contributed by atoms with van der Waals surface area (Å²) in [5.41, 5.74) is 1.16. The number of amides is 1. The number of rotatable bonds is 5. The topological polar surface area (TPSA) is 99.8 Å². The first kappa shape index (κ1) is 17.5. The van der Waals surface area contributed by atoms with Crippen LogP contribution in [0.3, 0.4) is 0 Å². The van der Waals surface area contributed by atoms with E-state index >= 15 is 0 Å². The van der Waals surface area contributed by atoms with E-state index in [0.29, 0.717) is 22.8 Å². The van der Waals surface area contributed by atoms with Gasteiger partial charge in [0.15, 0.2) is 5.65 Å². The van der Waals surface area contributed by atoms with E-state index in [9.17, 15) is 9.59 Å². The molecule has 0 atom stereocenters. The Kier molecular flexibility index (Phi) is 4.40. The van der Waals surface area contributed by atoms with Crippen LogP contribution in [-0.4, -0.2) is 39.3 Å². The smallest absolute Gasteiger partial charge is 0.352 e. The maximum Gasteiger partial charge on any atom is 0.352 e. The summed E-state index contributed by atoms with van der Waals surface area (Å²) in [5, 5.41) is 7.77. The Morgan fingerprint density at radius 2 is 1.96 bits per heavy atom. The summed E-state index contributed by atoms with van der Waals surface area (Å²) in [6.45, 7) is -0.255. The zero-order valence-corrected chi connectivity index (χ0v) is 15.2. The number of para-hydroxylation sites is 1. The van der Waals surface area contributed by atoms with Crippen LogP contribution in [-0.2, 0) is 11.3 Å². The van der Waals surface area contributed by atoms with Gasteiger partial charge in [0.25, 0.3) is 0 Å². The molecule has 2 aromatic heterocycles. The number of carbonyl (C=O) groups excluding carboxylic acids is 1. The van der Waals surface area contributed by atoms with Crippen LogP contribution >= 0.6 is 0 Å². The van der Waals surface area contributed by atoms with E-state index in [4.69, 9.17) is 9.47 Å². The van der Waals surface area contributed by atoms with Gasteiger partial charge in [0.05, 0.1) is 25.4 Å². The molecule has 0 aliphatic heterocycles. The summed E-state index contributed by atoms with van der Waals surface area (Å²) in [6, 6.07) is 12.4. The van der Waals surface area contributed by atoms with Gasteiger partial charge < -0.3 is 14.8 Å². The molecule has 0 aliphatic carbocycles. The van der Waals surface area contributed by atoms with Gasteiger partial charge in [-0.05, 0) is 24.3 Å². The van der Waals surface area contributed by atoms with Gasteiger partial charge in [-0.3, -0.25) is 4.79 Å². The number of fused-ring (bicyclic) bond motifs is 3. The molecule has 1 N–H and O–H groups in total. The molecule has 9 nitrogen and oxygen atoms in total. The van der Waals surface area contributed by atoms with Crippen LogP contribution in [0.5, 0.6) is 11.5 Å². The van der Waals surface area contributed by atoms with Gasteiger partial charge in [-0.15, -0.1) is 5.10 Å². The van der Waals surface area contributed by atoms with Crippen LogP contribution in [0.4, 0.5) is 5.69 Å². The fraction of sp³-hybridized carbons (Fsp3) is 0.158.